The number of aliphatic hydroxyl groups is 1. The molecule has 0 heterocycles. The summed E-state index contributed by atoms with van der Waals surface area (Å²) in [5.41, 5.74) is 5.85. The van der Waals surface area contributed by atoms with Gasteiger partial charge in [-0.1, -0.05) is 25.1 Å². The molecule has 1 aromatic rings. The predicted molar refractivity (Wildman–Crippen MR) is 63.7 cm³/mol. The number of aryl methyl sites for hydroxylation is 1. The molecule has 1 atom stereocenters. The number of para-hydroxylation sites is 1. The molecule has 17 heavy (non-hydrogen) atoms. The second-order valence-electron chi connectivity index (χ2n) is 3.61. The average Bonchev–Trinajstić information content (AvgIpc) is 2.28. The van der Waals surface area contributed by atoms with Crippen LogP contribution in [0.3, 0.4) is 0 Å². The van der Waals surface area contributed by atoms with Gasteiger partial charge < -0.3 is 15.9 Å². The number of phenols is 1. The number of aliphatic hydroxyl groups excluding tert-OH is 1. The van der Waals surface area contributed by atoms with E-state index in [4.69, 9.17) is 10.8 Å². The van der Waals surface area contributed by atoms with Crippen LogP contribution in [0.25, 0.3) is 0 Å². The first-order valence-electron chi connectivity index (χ1n) is 4.99. The molecule has 6 heteroatoms. The molecular weight excluding hydrogens is 252 g/mol. The van der Waals surface area contributed by atoms with Gasteiger partial charge in [-0.15, -0.1) is 12.4 Å². The van der Waals surface area contributed by atoms with Crippen LogP contribution in [-0.4, -0.2) is 22.7 Å². The maximum Gasteiger partial charge on any atom is 0.289 e. The fourth-order valence-corrected chi connectivity index (χ4v) is 1.47. The predicted octanol–water partition coefficient (Wildman–Crippen LogP) is 2.00. The molecule has 0 fully saturated rings. The quantitative estimate of drug-likeness (QED) is 0.782. The van der Waals surface area contributed by atoms with Crippen molar-refractivity contribution in [2.45, 2.75) is 25.3 Å². The van der Waals surface area contributed by atoms with E-state index in [1.54, 1.807) is 19.1 Å². The topological polar surface area (TPSA) is 66.5 Å². The van der Waals surface area contributed by atoms with Crippen molar-refractivity contribution in [1.29, 1.82) is 0 Å². The molecule has 98 valence electrons. The lowest BCUT2D eigenvalue weighted by atomic mass is 9.97. The monoisotopic (exact) mass is 267 g/mol. The number of aromatic hydroxyl groups is 1. The van der Waals surface area contributed by atoms with Gasteiger partial charge in [-0.2, -0.15) is 0 Å². The summed E-state index contributed by atoms with van der Waals surface area (Å²) >= 11 is 0. The molecule has 0 spiro atoms. The van der Waals surface area contributed by atoms with Crippen LogP contribution in [0, 0.1) is 0 Å². The summed E-state index contributed by atoms with van der Waals surface area (Å²) < 4.78 is 26.3. The summed E-state index contributed by atoms with van der Waals surface area (Å²) in [6.45, 7) is 0.457. The molecule has 0 bridgehead atoms. The Hall–Kier alpha value is -0.910. The van der Waals surface area contributed by atoms with E-state index in [2.05, 4.69) is 0 Å². The molecule has 0 aliphatic rings. The van der Waals surface area contributed by atoms with Crippen LogP contribution in [0.15, 0.2) is 18.2 Å². The van der Waals surface area contributed by atoms with Crippen LogP contribution < -0.4 is 5.73 Å². The van der Waals surface area contributed by atoms with Crippen LogP contribution in [0.5, 0.6) is 5.75 Å². The number of hydrogen-bond donors (Lipinski definition) is 3. The Kier molecular flexibility index (Phi) is 5.81. The van der Waals surface area contributed by atoms with Crippen LogP contribution in [0.1, 0.15) is 24.1 Å². The molecule has 0 aromatic heterocycles. The molecule has 0 saturated heterocycles. The zero-order valence-corrected chi connectivity index (χ0v) is 10.2. The van der Waals surface area contributed by atoms with E-state index in [1.165, 1.54) is 6.07 Å². The molecular formula is C11H16ClF2NO2. The normalized spacial score (nSPS) is 13.0. The SMILES string of the molecule is CCc1cccc([C@H](N)C(F)(F)CO)c1O.Cl. The number of benzene rings is 1. The zero-order chi connectivity index (χ0) is 12.3. The van der Waals surface area contributed by atoms with Crippen molar-refractivity contribution in [1.82, 2.24) is 0 Å². The Bertz CT molecular complexity index is 374. The standard InChI is InChI=1S/C11H15F2NO2.ClH/c1-2-7-4-3-5-8(9(7)16)10(14)11(12,13)6-15;/h3-5,10,15-16H,2,6,14H2,1H3;1H/t10-;/m0./s1. The van der Waals surface area contributed by atoms with E-state index < -0.39 is 18.6 Å². The Labute approximate surface area is 105 Å². The highest BCUT2D eigenvalue weighted by Crippen LogP contribution is 2.35. The molecule has 3 nitrogen and oxygen atoms in total. The Morgan fingerprint density at radius 3 is 2.47 bits per heavy atom. The number of hydrogen-bond acceptors (Lipinski definition) is 3. The van der Waals surface area contributed by atoms with E-state index in [0.717, 1.165) is 0 Å². The largest absolute Gasteiger partial charge is 0.507 e. The second-order valence-corrected chi connectivity index (χ2v) is 3.61. The summed E-state index contributed by atoms with van der Waals surface area (Å²) in [6.07, 6.45) is 0.525. The first kappa shape index (κ1) is 16.1. The molecule has 1 aromatic carbocycles. The number of alkyl halides is 2. The molecule has 1 rings (SSSR count). The first-order chi connectivity index (χ1) is 7.44. The van der Waals surface area contributed by atoms with Crippen molar-refractivity contribution < 1.29 is 19.0 Å². The van der Waals surface area contributed by atoms with E-state index in [1.807, 2.05) is 0 Å². The molecule has 0 aliphatic heterocycles. The minimum Gasteiger partial charge on any atom is -0.507 e. The number of phenolic OH excluding ortho intramolecular Hbond substituents is 1. The lowest BCUT2D eigenvalue weighted by molar-refractivity contribution is -0.0716. The van der Waals surface area contributed by atoms with Crippen molar-refractivity contribution in [3.8, 4) is 5.75 Å². The molecule has 0 saturated carbocycles. The second kappa shape index (κ2) is 6.14. The fraction of sp³-hybridized carbons (Fsp3) is 0.455. The van der Waals surface area contributed by atoms with Crippen molar-refractivity contribution in [3.63, 3.8) is 0 Å². The van der Waals surface area contributed by atoms with Crippen molar-refractivity contribution in [2.75, 3.05) is 6.61 Å². The van der Waals surface area contributed by atoms with E-state index in [0.29, 0.717) is 12.0 Å². The number of halogens is 3. The van der Waals surface area contributed by atoms with Gasteiger partial charge in [0.15, 0.2) is 0 Å². The van der Waals surface area contributed by atoms with Crippen molar-refractivity contribution in [3.05, 3.63) is 29.3 Å². The van der Waals surface area contributed by atoms with Crippen LogP contribution in [0.4, 0.5) is 8.78 Å². The third kappa shape index (κ3) is 3.28. The third-order valence-corrected chi connectivity index (χ3v) is 2.53. The molecule has 0 amide bonds. The van der Waals surface area contributed by atoms with Gasteiger partial charge in [-0.25, -0.2) is 8.78 Å². The maximum absolute atomic E-state index is 13.2. The first-order valence-corrected chi connectivity index (χ1v) is 4.99. The van der Waals surface area contributed by atoms with E-state index in [9.17, 15) is 13.9 Å². The van der Waals surface area contributed by atoms with Gasteiger partial charge in [-0.3, -0.25) is 0 Å². The molecule has 0 unspecified atom stereocenters. The van der Waals surface area contributed by atoms with Crippen molar-refractivity contribution >= 4 is 12.4 Å². The van der Waals surface area contributed by atoms with Gasteiger partial charge in [0.1, 0.15) is 18.4 Å². The summed E-state index contributed by atoms with van der Waals surface area (Å²) in [7, 11) is 0. The minimum atomic E-state index is -3.44. The highest BCUT2D eigenvalue weighted by Gasteiger charge is 2.38. The smallest absolute Gasteiger partial charge is 0.289 e. The van der Waals surface area contributed by atoms with Crippen LogP contribution >= 0.6 is 12.4 Å². The summed E-state index contributed by atoms with van der Waals surface area (Å²) in [5.74, 6) is -3.66. The van der Waals surface area contributed by atoms with Gasteiger partial charge in [0, 0.05) is 5.56 Å². The summed E-state index contributed by atoms with van der Waals surface area (Å²) in [4.78, 5) is 0. The van der Waals surface area contributed by atoms with Gasteiger partial charge >= 0.3 is 0 Å². The summed E-state index contributed by atoms with van der Waals surface area (Å²) in [5, 5.41) is 18.3. The molecule has 0 radical (unpaired) electrons. The number of nitrogens with two attached hydrogens (primary N) is 1. The average molecular weight is 268 g/mol. The number of rotatable bonds is 4. The molecule has 4 N–H and O–H groups in total. The van der Waals surface area contributed by atoms with Gasteiger partial charge in [0.05, 0.1) is 0 Å². The Morgan fingerprint density at radius 2 is 2.00 bits per heavy atom. The van der Waals surface area contributed by atoms with Gasteiger partial charge in [0.25, 0.3) is 5.92 Å². The summed E-state index contributed by atoms with van der Waals surface area (Å²) in [6, 6.07) is 2.83. The minimum absolute atomic E-state index is 0. The van der Waals surface area contributed by atoms with Crippen molar-refractivity contribution in [2.24, 2.45) is 5.73 Å². The fourth-order valence-electron chi connectivity index (χ4n) is 1.47. The highest BCUT2D eigenvalue weighted by molar-refractivity contribution is 5.85. The molecule has 0 aliphatic carbocycles. The Balaban J connectivity index is 0.00000256. The van der Waals surface area contributed by atoms with Gasteiger partial charge in [0.2, 0.25) is 0 Å². The zero-order valence-electron chi connectivity index (χ0n) is 9.36. The van der Waals surface area contributed by atoms with E-state index >= 15 is 0 Å². The van der Waals surface area contributed by atoms with E-state index in [-0.39, 0.29) is 23.7 Å². The Morgan fingerprint density at radius 1 is 1.41 bits per heavy atom. The van der Waals surface area contributed by atoms with Gasteiger partial charge in [-0.05, 0) is 12.0 Å². The lowest BCUT2D eigenvalue weighted by Crippen LogP contribution is -2.36. The van der Waals surface area contributed by atoms with Crippen LogP contribution in [0.2, 0.25) is 0 Å². The van der Waals surface area contributed by atoms with Crippen LogP contribution in [-0.2, 0) is 6.42 Å². The third-order valence-electron chi connectivity index (χ3n) is 2.53. The highest BCUT2D eigenvalue weighted by atomic mass is 35.5. The lowest BCUT2D eigenvalue weighted by Gasteiger charge is -2.23. The maximum atomic E-state index is 13.2.